The van der Waals surface area contributed by atoms with E-state index in [0.29, 0.717) is 0 Å². The van der Waals surface area contributed by atoms with Crippen molar-refractivity contribution in [3.8, 4) is 6.07 Å². The van der Waals surface area contributed by atoms with E-state index in [0.717, 1.165) is 38.3 Å². The van der Waals surface area contributed by atoms with E-state index < -0.39 is 0 Å². The van der Waals surface area contributed by atoms with Crippen molar-refractivity contribution in [1.29, 1.82) is 5.26 Å². The van der Waals surface area contributed by atoms with Gasteiger partial charge in [0.15, 0.2) is 0 Å². The fraction of sp³-hybridized carbons (Fsp3) is 0.588. The zero-order chi connectivity index (χ0) is 14.8. The summed E-state index contributed by atoms with van der Waals surface area (Å²) in [5, 5.41) is 8.94. The molecule has 0 aromatic heterocycles. The van der Waals surface area contributed by atoms with Gasteiger partial charge < -0.3 is 4.90 Å². The van der Waals surface area contributed by atoms with Gasteiger partial charge in [0, 0.05) is 6.54 Å². The van der Waals surface area contributed by atoms with Gasteiger partial charge in [-0.2, -0.15) is 5.26 Å². The van der Waals surface area contributed by atoms with Gasteiger partial charge in [0.25, 0.3) is 0 Å². The quantitative estimate of drug-likeness (QED) is 0.692. The zero-order valence-corrected chi connectivity index (χ0v) is 13.1. The molecule has 0 bridgehead atoms. The van der Waals surface area contributed by atoms with Crippen LogP contribution in [-0.2, 0) is 6.54 Å². The van der Waals surface area contributed by atoms with Crippen molar-refractivity contribution in [2.75, 3.05) is 32.7 Å². The first-order valence-corrected chi connectivity index (χ1v) is 7.67. The number of rotatable bonds is 9. The Balaban J connectivity index is 2.44. The lowest BCUT2D eigenvalue weighted by Crippen LogP contribution is -2.29. The van der Waals surface area contributed by atoms with E-state index in [1.54, 1.807) is 0 Å². The third-order valence-electron chi connectivity index (χ3n) is 3.75. The van der Waals surface area contributed by atoms with Crippen molar-refractivity contribution in [1.82, 2.24) is 9.80 Å². The molecule has 0 spiro atoms. The van der Waals surface area contributed by atoms with E-state index in [4.69, 9.17) is 5.26 Å². The zero-order valence-electron chi connectivity index (χ0n) is 13.1. The number of nitriles is 1. The van der Waals surface area contributed by atoms with Gasteiger partial charge in [0.2, 0.25) is 0 Å². The van der Waals surface area contributed by atoms with Crippen molar-refractivity contribution >= 4 is 0 Å². The van der Waals surface area contributed by atoms with Crippen LogP contribution in [0.2, 0.25) is 0 Å². The molecule has 1 aromatic carbocycles. The molecule has 1 aromatic rings. The van der Waals surface area contributed by atoms with E-state index in [-0.39, 0.29) is 0 Å². The Morgan fingerprint density at radius 3 is 2.25 bits per heavy atom. The molecule has 20 heavy (non-hydrogen) atoms. The molecular weight excluding hydrogens is 246 g/mol. The SMILES string of the molecule is CCN(CC)CCCN(CC)Cc1cccc(C#N)c1. The minimum Gasteiger partial charge on any atom is -0.304 e. The van der Waals surface area contributed by atoms with E-state index >= 15 is 0 Å². The Bertz CT molecular complexity index is 418. The van der Waals surface area contributed by atoms with E-state index in [1.165, 1.54) is 18.5 Å². The Kier molecular flexibility index (Phi) is 7.94. The molecule has 0 aliphatic rings. The van der Waals surface area contributed by atoms with Crippen molar-refractivity contribution in [3.05, 3.63) is 35.4 Å². The third-order valence-corrected chi connectivity index (χ3v) is 3.75. The number of hydrogen-bond donors (Lipinski definition) is 0. The maximum absolute atomic E-state index is 8.94. The summed E-state index contributed by atoms with van der Waals surface area (Å²) in [6.45, 7) is 13.2. The van der Waals surface area contributed by atoms with E-state index in [9.17, 15) is 0 Å². The molecule has 110 valence electrons. The molecule has 3 nitrogen and oxygen atoms in total. The molecule has 3 heteroatoms. The van der Waals surface area contributed by atoms with Crippen molar-refractivity contribution in [2.24, 2.45) is 0 Å². The van der Waals surface area contributed by atoms with Crippen LogP contribution >= 0.6 is 0 Å². The Labute approximate surface area is 123 Å². The van der Waals surface area contributed by atoms with Gasteiger partial charge in [-0.15, -0.1) is 0 Å². The molecule has 0 saturated heterocycles. The molecule has 1 rings (SSSR count). The standard InChI is InChI=1S/C17H27N3/c1-4-19(5-2)11-8-12-20(6-3)15-17-10-7-9-16(13-17)14-18/h7,9-10,13H,4-6,8,11-12,15H2,1-3H3. The smallest absolute Gasteiger partial charge is 0.0991 e. The van der Waals surface area contributed by atoms with Crippen LogP contribution in [0.4, 0.5) is 0 Å². The van der Waals surface area contributed by atoms with Gasteiger partial charge in [0.1, 0.15) is 0 Å². The van der Waals surface area contributed by atoms with Gasteiger partial charge >= 0.3 is 0 Å². The summed E-state index contributed by atoms with van der Waals surface area (Å²) in [5.41, 5.74) is 1.98. The van der Waals surface area contributed by atoms with Crippen LogP contribution < -0.4 is 0 Å². The lowest BCUT2D eigenvalue weighted by atomic mass is 10.1. The summed E-state index contributed by atoms with van der Waals surface area (Å²) >= 11 is 0. The predicted molar refractivity (Wildman–Crippen MR) is 84.5 cm³/mol. The van der Waals surface area contributed by atoms with Crippen LogP contribution in [0, 0.1) is 11.3 Å². The first-order valence-electron chi connectivity index (χ1n) is 7.67. The molecule has 0 N–H and O–H groups in total. The second-order valence-corrected chi connectivity index (χ2v) is 5.06. The number of benzene rings is 1. The van der Waals surface area contributed by atoms with Gasteiger partial charge in [-0.3, -0.25) is 4.90 Å². The summed E-state index contributed by atoms with van der Waals surface area (Å²) in [6.07, 6.45) is 1.20. The molecule has 0 aliphatic carbocycles. The molecule has 0 fully saturated rings. The van der Waals surface area contributed by atoms with E-state index in [2.05, 4.69) is 42.7 Å². The summed E-state index contributed by atoms with van der Waals surface area (Å²) in [5.74, 6) is 0. The lowest BCUT2D eigenvalue weighted by Gasteiger charge is -2.23. The van der Waals surface area contributed by atoms with Crippen LogP contribution in [0.5, 0.6) is 0 Å². The monoisotopic (exact) mass is 273 g/mol. The van der Waals surface area contributed by atoms with Crippen molar-refractivity contribution in [3.63, 3.8) is 0 Å². The highest BCUT2D eigenvalue weighted by molar-refractivity contribution is 5.32. The second-order valence-electron chi connectivity index (χ2n) is 5.06. The first kappa shape index (κ1) is 16.7. The molecule has 0 radical (unpaired) electrons. The highest BCUT2D eigenvalue weighted by Crippen LogP contribution is 2.08. The van der Waals surface area contributed by atoms with Gasteiger partial charge in [-0.05, 0) is 56.8 Å². The average Bonchev–Trinajstić information content (AvgIpc) is 2.50. The molecule has 0 unspecified atom stereocenters. The molecular formula is C17H27N3. The van der Waals surface area contributed by atoms with Crippen molar-refractivity contribution < 1.29 is 0 Å². The van der Waals surface area contributed by atoms with Crippen LogP contribution in [0.15, 0.2) is 24.3 Å². The Hall–Kier alpha value is -1.37. The number of nitrogens with zero attached hydrogens (tertiary/aromatic N) is 3. The van der Waals surface area contributed by atoms with Crippen molar-refractivity contribution in [2.45, 2.75) is 33.7 Å². The lowest BCUT2D eigenvalue weighted by molar-refractivity contribution is 0.238. The maximum atomic E-state index is 8.94. The first-order chi connectivity index (χ1) is 9.73. The topological polar surface area (TPSA) is 30.3 Å². The predicted octanol–water partition coefficient (Wildman–Crippen LogP) is 3.11. The molecule has 0 saturated carbocycles. The summed E-state index contributed by atoms with van der Waals surface area (Å²) in [4.78, 5) is 4.91. The average molecular weight is 273 g/mol. The van der Waals surface area contributed by atoms with Crippen LogP contribution in [0.25, 0.3) is 0 Å². The van der Waals surface area contributed by atoms with Crippen LogP contribution in [0.3, 0.4) is 0 Å². The minimum absolute atomic E-state index is 0.752. The molecule has 0 heterocycles. The van der Waals surface area contributed by atoms with E-state index in [1.807, 2.05) is 18.2 Å². The van der Waals surface area contributed by atoms with Crippen LogP contribution in [0.1, 0.15) is 38.3 Å². The normalized spacial score (nSPS) is 11.0. The maximum Gasteiger partial charge on any atom is 0.0991 e. The second kappa shape index (κ2) is 9.52. The molecule has 0 amide bonds. The largest absolute Gasteiger partial charge is 0.304 e. The summed E-state index contributed by atoms with van der Waals surface area (Å²) in [7, 11) is 0. The van der Waals surface area contributed by atoms with Gasteiger partial charge in [0.05, 0.1) is 11.6 Å². The summed E-state index contributed by atoms with van der Waals surface area (Å²) in [6, 6.07) is 10.1. The molecule has 0 aliphatic heterocycles. The van der Waals surface area contributed by atoms with Crippen LogP contribution in [-0.4, -0.2) is 42.5 Å². The fourth-order valence-corrected chi connectivity index (χ4v) is 2.40. The third kappa shape index (κ3) is 5.73. The molecule has 0 atom stereocenters. The highest BCUT2D eigenvalue weighted by atomic mass is 15.1. The minimum atomic E-state index is 0.752. The van der Waals surface area contributed by atoms with Gasteiger partial charge in [-0.25, -0.2) is 0 Å². The Morgan fingerprint density at radius 1 is 1.00 bits per heavy atom. The summed E-state index contributed by atoms with van der Waals surface area (Å²) < 4.78 is 0. The van der Waals surface area contributed by atoms with Gasteiger partial charge in [-0.1, -0.05) is 32.9 Å². The number of hydrogen-bond acceptors (Lipinski definition) is 3. The highest BCUT2D eigenvalue weighted by Gasteiger charge is 2.06. The Morgan fingerprint density at radius 2 is 1.65 bits per heavy atom. The fourth-order valence-electron chi connectivity index (χ4n) is 2.40.